The summed E-state index contributed by atoms with van der Waals surface area (Å²) < 4.78 is 5.90. The van der Waals surface area contributed by atoms with Gasteiger partial charge in [0.25, 0.3) is 5.91 Å². The van der Waals surface area contributed by atoms with Crippen LogP contribution in [-0.2, 0) is 9.53 Å². The van der Waals surface area contributed by atoms with Crippen LogP contribution in [-0.4, -0.2) is 54.5 Å². The minimum Gasteiger partial charge on any atom is -0.451 e. The number of aromatic nitrogens is 1. The molecule has 0 spiro atoms. The average Bonchev–Trinajstić information content (AvgIpc) is 3.09. The molecule has 0 aliphatic carbocycles. The Labute approximate surface area is 181 Å². The molecule has 2 heterocycles. The largest absolute Gasteiger partial charge is 0.451 e. The summed E-state index contributed by atoms with van der Waals surface area (Å²) >= 11 is 9.48. The molecule has 0 atom stereocenters. The van der Waals surface area contributed by atoms with Gasteiger partial charge in [0, 0.05) is 47.8 Å². The van der Waals surface area contributed by atoms with Gasteiger partial charge in [0.1, 0.15) is 5.69 Å². The monoisotopic (exact) mass is 475 g/mol. The quantitative estimate of drug-likeness (QED) is 0.576. The van der Waals surface area contributed by atoms with E-state index in [0.717, 1.165) is 16.6 Å². The Morgan fingerprint density at radius 2 is 1.83 bits per heavy atom. The second kappa shape index (κ2) is 8.47. The number of fused-ring (bicyclic) bond motifs is 1. The number of H-pyrrole nitrogens is 1. The Morgan fingerprint density at radius 1 is 1.07 bits per heavy atom. The van der Waals surface area contributed by atoms with Gasteiger partial charge >= 0.3 is 5.97 Å². The SMILES string of the molecule is O=C(OCC(=O)N1CCN(c2cccc(Cl)c2)CC1)c1[nH]c2ccccc2c1Br. The summed E-state index contributed by atoms with van der Waals surface area (Å²) in [4.78, 5) is 31.8. The van der Waals surface area contributed by atoms with E-state index in [-0.39, 0.29) is 12.5 Å². The summed E-state index contributed by atoms with van der Waals surface area (Å²) in [5.74, 6) is -0.754. The molecule has 8 heteroatoms. The maximum absolute atomic E-state index is 12.5. The lowest BCUT2D eigenvalue weighted by Gasteiger charge is -2.36. The molecule has 0 radical (unpaired) electrons. The number of esters is 1. The van der Waals surface area contributed by atoms with Crippen LogP contribution < -0.4 is 4.90 Å². The van der Waals surface area contributed by atoms with Crippen molar-refractivity contribution in [3.05, 3.63) is 63.7 Å². The van der Waals surface area contributed by atoms with Crippen LogP contribution in [0.25, 0.3) is 10.9 Å². The van der Waals surface area contributed by atoms with Gasteiger partial charge in [-0.15, -0.1) is 0 Å². The molecule has 0 unspecified atom stereocenters. The summed E-state index contributed by atoms with van der Waals surface area (Å²) in [6.07, 6.45) is 0. The number of hydrogen-bond acceptors (Lipinski definition) is 4. The number of hydrogen-bond donors (Lipinski definition) is 1. The zero-order valence-corrected chi connectivity index (χ0v) is 17.9. The van der Waals surface area contributed by atoms with Gasteiger partial charge in [-0.05, 0) is 40.2 Å². The number of anilines is 1. The summed E-state index contributed by atoms with van der Waals surface area (Å²) in [6.45, 7) is 2.26. The smallest absolute Gasteiger partial charge is 0.356 e. The highest BCUT2D eigenvalue weighted by molar-refractivity contribution is 9.10. The number of amides is 1. The van der Waals surface area contributed by atoms with Crippen molar-refractivity contribution in [3.8, 4) is 0 Å². The van der Waals surface area contributed by atoms with Crippen molar-refractivity contribution in [2.75, 3.05) is 37.7 Å². The molecular weight excluding hydrogens is 458 g/mol. The van der Waals surface area contributed by atoms with Crippen LogP contribution in [0.2, 0.25) is 5.02 Å². The third-order valence-corrected chi connectivity index (χ3v) is 6.04. The number of piperazine rings is 1. The summed E-state index contributed by atoms with van der Waals surface area (Å²) in [7, 11) is 0. The normalized spacial score (nSPS) is 14.3. The van der Waals surface area contributed by atoms with Crippen molar-refractivity contribution >= 4 is 56.0 Å². The van der Waals surface area contributed by atoms with Crippen molar-refractivity contribution < 1.29 is 14.3 Å². The van der Waals surface area contributed by atoms with Crippen molar-refractivity contribution in [3.63, 3.8) is 0 Å². The first kappa shape index (κ1) is 19.8. The Morgan fingerprint density at radius 3 is 2.55 bits per heavy atom. The zero-order valence-electron chi connectivity index (χ0n) is 15.5. The Hall–Kier alpha value is -2.51. The fraction of sp³-hybridized carbons (Fsp3) is 0.238. The highest BCUT2D eigenvalue weighted by atomic mass is 79.9. The standard InChI is InChI=1S/C21H19BrClN3O3/c22-19-16-6-1-2-7-17(16)24-20(19)21(28)29-13-18(27)26-10-8-25(9-11-26)15-5-3-4-14(23)12-15/h1-7,12,24H,8-11,13H2. The highest BCUT2D eigenvalue weighted by Gasteiger charge is 2.24. The van der Waals surface area contributed by atoms with E-state index in [1.165, 1.54) is 0 Å². The molecule has 1 aliphatic rings. The second-order valence-electron chi connectivity index (χ2n) is 6.78. The fourth-order valence-corrected chi connectivity index (χ4v) is 4.22. The number of carbonyl (C=O) groups excluding carboxylic acids is 2. The van der Waals surface area contributed by atoms with Gasteiger partial charge in [-0.2, -0.15) is 0 Å². The molecule has 150 valence electrons. The van der Waals surface area contributed by atoms with Crippen LogP contribution in [0.15, 0.2) is 53.0 Å². The second-order valence-corrected chi connectivity index (χ2v) is 8.01. The topological polar surface area (TPSA) is 65.6 Å². The van der Waals surface area contributed by atoms with E-state index in [9.17, 15) is 9.59 Å². The summed E-state index contributed by atoms with van der Waals surface area (Å²) in [5, 5.41) is 1.58. The first-order chi connectivity index (χ1) is 14.0. The van der Waals surface area contributed by atoms with Gasteiger partial charge in [0.15, 0.2) is 6.61 Å². The van der Waals surface area contributed by atoms with Crippen LogP contribution in [0.4, 0.5) is 5.69 Å². The number of nitrogens with zero attached hydrogens (tertiary/aromatic N) is 2. The van der Waals surface area contributed by atoms with E-state index in [2.05, 4.69) is 25.8 Å². The lowest BCUT2D eigenvalue weighted by atomic mass is 10.2. The fourth-order valence-electron chi connectivity index (χ4n) is 3.43. The number of aromatic amines is 1. The summed E-state index contributed by atoms with van der Waals surface area (Å²) in [5.41, 5.74) is 2.18. The molecule has 0 saturated carbocycles. The molecule has 1 amide bonds. The van der Waals surface area contributed by atoms with E-state index < -0.39 is 5.97 Å². The maximum atomic E-state index is 12.5. The molecule has 1 fully saturated rings. The Kier molecular flexibility index (Phi) is 5.78. The number of halogens is 2. The number of carbonyl (C=O) groups is 2. The molecule has 1 aromatic heterocycles. The van der Waals surface area contributed by atoms with Crippen molar-refractivity contribution in [2.24, 2.45) is 0 Å². The number of rotatable bonds is 4. The van der Waals surface area contributed by atoms with Gasteiger partial charge in [0.2, 0.25) is 0 Å². The summed E-state index contributed by atoms with van der Waals surface area (Å²) in [6, 6.07) is 15.2. The molecule has 1 aliphatic heterocycles. The lowest BCUT2D eigenvalue weighted by Crippen LogP contribution is -2.49. The van der Waals surface area contributed by atoms with Crippen molar-refractivity contribution in [1.82, 2.24) is 9.88 Å². The Bertz CT molecular complexity index is 1060. The van der Waals surface area contributed by atoms with Crippen LogP contribution in [0, 0.1) is 0 Å². The number of benzene rings is 2. The predicted molar refractivity (Wildman–Crippen MR) is 117 cm³/mol. The number of para-hydroxylation sites is 1. The van der Waals surface area contributed by atoms with Crippen LogP contribution in [0.3, 0.4) is 0 Å². The van der Waals surface area contributed by atoms with E-state index in [0.29, 0.717) is 41.4 Å². The molecule has 29 heavy (non-hydrogen) atoms. The molecule has 3 aromatic rings. The number of nitrogens with one attached hydrogen (secondary N) is 1. The van der Waals surface area contributed by atoms with Crippen molar-refractivity contribution in [1.29, 1.82) is 0 Å². The lowest BCUT2D eigenvalue weighted by molar-refractivity contribution is -0.134. The predicted octanol–water partition coefficient (Wildman–Crippen LogP) is 4.09. The van der Waals surface area contributed by atoms with Crippen molar-refractivity contribution in [2.45, 2.75) is 0 Å². The van der Waals surface area contributed by atoms with E-state index in [1.807, 2.05) is 48.5 Å². The van der Waals surface area contributed by atoms with E-state index in [1.54, 1.807) is 4.90 Å². The molecule has 1 saturated heterocycles. The van der Waals surface area contributed by atoms with Gasteiger partial charge < -0.3 is 19.5 Å². The van der Waals surface area contributed by atoms with Crippen LogP contribution in [0.5, 0.6) is 0 Å². The maximum Gasteiger partial charge on any atom is 0.356 e. The van der Waals surface area contributed by atoms with Crippen LogP contribution in [0.1, 0.15) is 10.5 Å². The highest BCUT2D eigenvalue weighted by Crippen LogP contribution is 2.28. The molecule has 4 rings (SSSR count). The third kappa shape index (κ3) is 4.26. The van der Waals surface area contributed by atoms with Gasteiger partial charge in [-0.3, -0.25) is 4.79 Å². The average molecular weight is 477 g/mol. The minimum atomic E-state index is -0.556. The van der Waals surface area contributed by atoms with E-state index in [4.69, 9.17) is 16.3 Å². The third-order valence-electron chi connectivity index (χ3n) is 4.98. The van der Waals surface area contributed by atoms with Gasteiger partial charge in [-0.1, -0.05) is 35.9 Å². The zero-order chi connectivity index (χ0) is 20.4. The molecule has 1 N–H and O–H groups in total. The van der Waals surface area contributed by atoms with Gasteiger partial charge in [0.05, 0.1) is 4.47 Å². The molecular formula is C21H19BrClN3O3. The van der Waals surface area contributed by atoms with E-state index >= 15 is 0 Å². The minimum absolute atomic E-state index is 0.198. The molecule has 0 bridgehead atoms. The number of ether oxygens (including phenoxy) is 1. The first-order valence-electron chi connectivity index (χ1n) is 9.24. The Balaban J connectivity index is 1.32. The molecule has 2 aromatic carbocycles. The van der Waals surface area contributed by atoms with Crippen LogP contribution >= 0.6 is 27.5 Å². The molecule has 6 nitrogen and oxygen atoms in total. The van der Waals surface area contributed by atoms with Gasteiger partial charge in [-0.25, -0.2) is 4.79 Å². The first-order valence-corrected chi connectivity index (χ1v) is 10.4.